The molecule has 2 amide bonds. The van der Waals surface area contributed by atoms with E-state index in [9.17, 15) is 14.4 Å². The summed E-state index contributed by atoms with van der Waals surface area (Å²) in [5.41, 5.74) is 0.813. The van der Waals surface area contributed by atoms with E-state index in [1.54, 1.807) is 34.5 Å². The average Bonchev–Trinajstić information content (AvgIpc) is 3.27. The topological polar surface area (TPSA) is 94.2 Å². The largest absolute Gasteiger partial charge is 0.465 e. The number of carbonyl (C=O) groups is 3. The van der Waals surface area contributed by atoms with Crippen LogP contribution in [0.15, 0.2) is 29.6 Å². The minimum atomic E-state index is -0.500. The van der Waals surface area contributed by atoms with Crippen molar-refractivity contribution in [3.8, 4) is 11.5 Å². The van der Waals surface area contributed by atoms with Gasteiger partial charge in [-0.15, -0.1) is 11.3 Å². The van der Waals surface area contributed by atoms with Gasteiger partial charge in [-0.3, -0.25) is 9.59 Å². The summed E-state index contributed by atoms with van der Waals surface area (Å²) in [6, 6.07) is 6.62. The summed E-state index contributed by atoms with van der Waals surface area (Å²) < 4.78 is 15.2. The number of hydrogen-bond acceptors (Lipinski definition) is 7. The highest BCUT2D eigenvalue weighted by molar-refractivity contribution is 7.14. The molecule has 8 nitrogen and oxygen atoms in total. The van der Waals surface area contributed by atoms with Crippen LogP contribution in [0.4, 0.5) is 5.00 Å². The first-order chi connectivity index (χ1) is 13.1. The standard InChI is InChI=1S/C18H16N2O6S/c1-24-18(23)12-4-5-27-16(12)19-15(21)11-7-20(8-11)17(22)10-2-3-13-14(6-10)26-9-25-13/h2-6,11H,7-9H2,1H3,(H,19,21). The van der Waals surface area contributed by atoms with Crippen molar-refractivity contribution in [3.05, 3.63) is 40.8 Å². The molecule has 0 aliphatic carbocycles. The Hall–Kier alpha value is -3.07. The Morgan fingerprint density at radius 2 is 1.96 bits per heavy atom. The summed E-state index contributed by atoms with van der Waals surface area (Å²) in [7, 11) is 1.29. The van der Waals surface area contributed by atoms with E-state index in [0.29, 0.717) is 40.7 Å². The lowest BCUT2D eigenvalue weighted by atomic mass is 9.97. The van der Waals surface area contributed by atoms with E-state index < -0.39 is 5.97 Å². The lowest BCUT2D eigenvalue weighted by Gasteiger charge is -2.38. The number of carbonyl (C=O) groups excluding carboxylic acids is 3. The van der Waals surface area contributed by atoms with E-state index in [1.807, 2.05) is 0 Å². The number of esters is 1. The Balaban J connectivity index is 1.35. The van der Waals surface area contributed by atoms with Crippen LogP contribution >= 0.6 is 11.3 Å². The molecular formula is C18H16N2O6S. The molecule has 0 saturated carbocycles. The number of methoxy groups -OCH3 is 1. The smallest absolute Gasteiger partial charge is 0.340 e. The van der Waals surface area contributed by atoms with Gasteiger partial charge in [0.2, 0.25) is 12.7 Å². The van der Waals surface area contributed by atoms with Crippen LogP contribution in [0.5, 0.6) is 11.5 Å². The van der Waals surface area contributed by atoms with E-state index >= 15 is 0 Å². The Bertz CT molecular complexity index is 918. The first kappa shape index (κ1) is 17.3. The molecule has 140 valence electrons. The van der Waals surface area contributed by atoms with Crippen molar-refractivity contribution in [2.45, 2.75) is 0 Å². The molecule has 1 aromatic heterocycles. The van der Waals surface area contributed by atoms with E-state index in [1.165, 1.54) is 18.4 Å². The maximum Gasteiger partial charge on any atom is 0.340 e. The Kier molecular flexibility index (Phi) is 4.44. The average molecular weight is 388 g/mol. The van der Waals surface area contributed by atoms with Gasteiger partial charge in [-0.2, -0.15) is 0 Å². The number of amides is 2. The zero-order valence-corrected chi connectivity index (χ0v) is 15.2. The summed E-state index contributed by atoms with van der Waals surface area (Å²) in [5, 5.41) is 4.90. The number of benzene rings is 1. The predicted octanol–water partition coefficient (Wildman–Crippen LogP) is 1.97. The van der Waals surface area contributed by atoms with Gasteiger partial charge in [0.05, 0.1) is 18.6 Å². The van der Waals surface area contributed by atoms with Gasteiger partial charge in [0.25, 0.3) is 5.91 Å². The number of rotatable bonds is 4. The molecule has 1 saturated heterocycles. The van der Waals surface area contributed by atoms with Gasteiger partial charge in [-0.05, 0) is 29.6 Å². The molecule has 0 unspecified atom stereocenters. The highest BCUT2D eigenvalue weighted by Gasteiger charge is 2.37. The second-order valence-electron chi connectivity index (χ2n) is 6.12. The maximum atomic E-state index is 12.5. The molecule has 2 aromatic rings. The van der Waals surface area contributed by atoms with Crippen LogP contribution in [0.25, 0.3) is 0 Å². The van der Waals surface area contributed by atoms with E-state index in [-0.39, 0.29) is 24.5 Å². The number of nitrogens with zero attached hydrogens (tertiary/aromatic N) is 1. The fourth-order valence-corrected chi connectivity index (χ4v) is 3.69. The third kappa shape index (κ3) is 3.21. The first-order valence-corrected chi connectivity index (χ1v) is 9.10. The van der Waals surface area contributed by atoms with E-state index in [4.69, 9.17) is 14.2 Å². The van der Waals surface area contributed by atoms with Crippen molar-refractivity contribution in [2.75, 3.05) is 32.3 Å². The molecule has 1 aromatic carbocycles. The van der Waals surface area contributed by atoms with Gasteiger partial charge >= 0.3 is 5.97 Å². The third-order valence-electron chi connectivity index (χ3n) is 4.47. The van der Waals surface area contributed by atoms with Crippen molar-refractivity contribution < 1.29 is 28.6 Å². The summed E-state index contributed by atoms with van der Waals surface area (Å²) >= 11 is 1.25. The van der Waals surface area contributed by atoms with Gasteiger partial charge in [-0.25, -0.2) is 4.79 Å². The fraction of sp³-hybridized carbons (Fsp3) is 0.278. The normalized spacial score (nSPS) is 15.2. The fourth-order valence-electron chi connectivity index (χ4n) is 2.91. The minimum absolute atomic E-state index is 0.148. The van der Waals surface area contributed by atoms with Crippen LogP contribution in [-0.2, 0) is 9.53 Å². The van der Waals surface area contributed by atoms with Crippen LogP contribution in [0.2, 0.25) is 0 Å². The van der Waals surface area contributed by atoms with Crippen molar-refractivity contribution in [1.29, 1.82) is 0 Å². The highest BCUT2D eigenvalue weighted by atomic mass is 32.1. The van der Waals surface area contributed by atoms with Crippen molar-refractivity contribution in [2.24, 2.45) is 5.92 Å². The Labute approximate surface area is 158 Å². The summed E-state index contributed by atoms with van der Waals surface area (Å²) in [4.78, 5) is 38.2. The summed E-state index contributed by atoms with van der Waals surface area (Å²) in [6.45, 7) is 0.783. The maximum absolute atomic E-state index is 12.5. The molecule has 2 aliphatic heterocycles. The van der Waals surface area contributed by atoms with Crippen molar-refractivity contribution >= 4 is 34.1 Å². The second kappa shape index (κ2) is 6.92. The molecule has 1 fully saturated rings. The third-order valence-corrected chi connectivity index (χ3v) is 5.30. The lowest BCUT2D eigenvalue weighted by molar-refractivity contribution is -0.123. The van der Waals surface area contributed by atoms with Gasteiger partial charge in [0.15, 0.2) is 11.5 Å². The monoisotopic (exact) mass is 388 g/mol. The summed E-state index contributed by atoms with van der Waals surface area (Å²) in [5.74, 6) is -0.0511. The molecule has 4 rings (SSSR count). The molecule has 0 spiro atoms. The quantitative estimate of drug-likeness (QED) is 0.805. The van der Waals surface area contributed by atoms with Crippen LogP contribution in [0.3, 0.4) is 0 Å². The molecule has 27 heavy (non-hydrogen) atoms. The first-order valence-electron chi connectivity index (χ1n) is 8.22. The van der Waals surface area contributed by atoms with Crippen molar-refractivity contribution in [1.82, 2.24) is 4.90 Å². The van der Waals surface area contributed by atoms with Gasteiger partial charge in [0, 0.05) is 18.7 Å². The second-order valence-corrected chi connectivity index (χ2v) is 7.04. The number of thiophene rings is 1. The Morgan fingerprint density at radius 1 is 1.19 bits per heavy atom. The molecule has 0 radical (unpaired) electrons. The molecule has 2 aliphatic rings. The number of nitrogens with one attached hydrogen (secondary N) is 1. The number of ether oxygens (including phenoxy) is 3. The lowest BCUT2D eigenvalue weighted by Crippen LogP contribution is -2.54. The van der Waals surface area contributed by atoms with E-state index in [0.717, 1.165) is 0 Å². The number of fused-ring (bicyclic) bond motifs is 1. The SMILES string of the molecule is COC(=O)c1ccsc1NC(=O)C1CN(C(=O)c2ccc3c(c2)OCO3)C1. The van der Waals surface area contributed by atoms with Gasteiger partial charge in [0.1, 0.15) is 5.00 Å². The van der Waals surface area contributed by atoms with Crippen LogP contribution in [0.1, 0.15) is 20.7 Å². The van der Waals surface area contributed by atoms with Crippen molar-refractivity contribution in [3.63, 3.8) is 0 Å². The van der Waals surface area contributed by atoms with Gasteiger partial charge < -0.3 is 24.4 Å². The van der Waals surface area contributed by atoms with E-state index in [2.05, 4.69) is 5.32 Å². The van der Waals surface area contributed by atoms with Gasteiger partial charge in [-0.1, -0.05) is 0 Å². The van der Waals surface area contributed by atoms with Crippen LogP contribution in [-0.4, -0.2) is 49.7 Å². The number of likely N-dealkylation sites (tertiary alicyclic amines) is 1. The zero-order chi connectivity index (χ0) is 19.0. The summed E-state index contributed by atoms with van der Waals surface area (Å²) in [6.07, 6.45) is 0. The highest BCUT2D eigenvalue weighted by Crippen LogP contribution is 2.33. The molecule has 0 atom stereocenters. The van der Waals surface area contributed by atoms with Crippen LogP contribution in [0, 0.1) is 5.92 Å². The number of hydrogen-bond donors (Lipinski definition) is 1. The number of anilines is 1. The molecule has 0 bridgehead atoms. The molecule has 3 heterocycles. The molecule has 9 heteroatoms. The minimum Gasteiger partial charge on any atom is -0.465 e. The van der Waals surface area contributed by atoms with Crippen LogP contribution < -0.4 is 14.8 Å². The predicted molar refractivity (Wildman–Crippen MR) is 96.2 cm³/mol. The molecular weight excluding hydrogens is 372 g/mol. The zero-order valence-electron chi connectivity index (χ0n) is 14.4. The Morgan fingerprint density at radius 3 is 2.74 bits per heavy atom. The molecule has 1 N–H and O–H groups in total.